The molecule has 0 aliphatic rings. The summed E-state index contributed by atoms with van der Waals surface area (Å²) in [5.41, 5.74) is 2.18. The monoisotopic (exact) mass is 258 g/mol. The van der Waals surface area contributed by atoms with Gasteiger partial charge >= 0.3 is 0 Å². The van der Waals surface area contributed by atoms with Crippen LogP contribution in [0.2, 0.25) is 0 Å². The maximum absolute atomic E-state index is 5.00. The summed E-state index contributed by atoms with van der Waals surface area (Å²) in [7, 11) is 1.79. The lowest BCUT2D eigenvalue weighted by Gasteiger charge is -2.09. The fourth-order valence-corrected chi connectivity index (χ4v) is 1.38. The van der Waals surface area contributed by atoms with Crippen molar-refractivity contribution in [2.75, 3.05) is 12.4 Å². The van der Waals surface area contributed by atoms with Crippen molar-refractivity contribution >= 4 is 38.9 Å². The highest BCUT2D eigenvalue weighted by Crippen LogP contribution is 2.22. The molecule has 1 rings (SSSR count). The second-order valence-electron chi connectivity index (χ2n) is 2.69. The van der Waals surface area contributed by atoms with Gasteiger partial charge in [0.1, 0.15) is 0 Å². The van der Waals surface area contributed by atoms with Crippen LogP contribution in [0.25, 0.3) is 0 Å². The quantitative estimate of drug-likeness (QED) is 0.758. The maximum Gasteiger partial charge on any atom is 0.170 e. The predicted molar refractivity (Wildman–Crippen MR) is 64.2 cm³/mol. The smallest absolute Gasteiger partial charge is 0.170 e. The molecule has 2 N–H and O–H groups in total. The van der Waals surface area contributed by atoms with E-state index in [1.807, 2.05) is 25.1 Å². The number of rotatable bonds is 1. The van der Waals surface area contributed by atoms with Crippen LogP contribution in [0.4, 0.5) is 5.69 Å². The van der Waals surface area contributed by atoms with Gasteiger partial charge in [-0.3, -0.25) is 0 Å². The molecule has 1 aromatic rings. The summed E-state index contributed by atoms with van der Waals surface area (Å²) in [5, 5.41) is 6.55. The van der Waals surface area contributed by atoms with E-state index in [4.69, 9.17) is 12.2 Å². The van der Waals surface area contributed by atoms with E-state index < -0.39 is 0 Å². The topological polar surface area (TPSA) is 24.1 Å². The molecular formula is C9H11BrN2S. The average Bonchev–Trinajstić information content (AvgIpc) is 2.11. The Morgan fingerprint density at radius 3 is 2.77 bits per heavy atom. The number of benzene rings is 1. The molecule has 0 aliphatic heterocycles. The molecule has 4 heteroatoms. The molecule has 0 aliphatic carbocycles. The van der Waals surface area contributed by atoms with Crippen LogP contribution in [-0.2, 0) is 0 Å². The molecule has 70 valence electrons. The van der Waals surface area contributed by atoms with E-state index in [2.05, 4.69) is 26.6 Å². The van der Waals surface area contributed by atoms with Crippen molar-refractivity contribution in [3.63, 3.8) is 0 Å². The standard InChI is InChI=1S/C9H11BrN2S/c1-6-3-4-7(10)8(5-6)12-9(13)11-2/h3-5H,1-2H3,(H2,11,12,13). The third-order valence-corrected chi connectivity index (χ3v) is 2.59. The van der Waals surface area contributed by atoms with Gasteiger partial charge in [0.05, 0.1) is 5.69 Å². The van der Waals surface area contributed by atoms with Crippen LogP contribution in [0.3, 0.4) is 0 Å². The zero-order valence-corrected chi connectivity index (χ0v) is 9.92. The Bertz CT molecular complexity index is 325. The first-order valence-electron chi connectivity index (χ1n) is 3.88. The molecule has 0 saturated heterocycles. The van der Waals surface area contributed by atoms with Crippen molar-refractivity contribution in [2.45, 2.75) is 6.92 Å². The minimum Gasteiger partial charge on any atom is -0.366 e. The maximum atomic E-state index is 5.00. The average molecular weight is 259 g/mol. The first kappa shape index (κ1) is 10.5. The van der Waals surface area contributed by atoms with Crippen LogP contribution in [0.5, 0.6) is 0 Å². The highest BCUT2D eigenvalue weighted by Gasteiger charge is 2.00. The van der Waals surface area contributed by atoms with E-state index in [0.29, 0.717) is 5.11 Å². The fraction of sp³-hybridized carbons (Fsp3) is 0.222. The minimum atomic E-state index is 0.617. The van der Waals surface area contributed by atoms with E-state index in [1.54, 1.807) is 7.05 Å². The van der Waals surface area contributed by atoms with Gasteiger partial charge in [-0.15, -0.1) is 0 Å². The second kappa shape index (κ2) is 4.58. The zero-order valence-electron chi connectivity index (χ0n) is 7.52. The van der Waals surface area contributed by atoms with Crippen molar-refractivity contribution < 1.29 is 0 Å². The van der Waals surface area contributed by atoms with Crippen molar-refractivity contribution in [3.05, 3.63) is 28.2 Å². The lowest BCUT2D eigenvalue weighted by atomic mass is 10.2. The number of aryl methyl sites for hydroxylation is 1. The van der Waals surface area contributed by atoms with Crippen LogP contribution in [0, 0.1) is 6.92 Å². The normalized spacial score (nSPS) is 9.46. The lowest BCUT2D eigenvalue weighted by Crippen LogP contribution is -2.24. The molecule has 0 aromatic heterocycles. The van der Waals surface area contributed by atoms with Gasteiger partial charge in [-0.05, 0) is 52.8 Å². The van der Waals surface area contributed by atoms with Crippen molar-refractivity contribution in [1.82, 2.24) is 5.32 Å². The van der Waals surface area contributed by atoms with Gasteiger partial charge in [0.2, 0.25) is 0 Å². The number of nitrogens with one attached hydrogen (secondary N) is 2. The molecule has 2 nitrogen and oxygen atoms in total. The van der Waals surface area contributed by atoms with Crippen molar-refractivity contribution in [2.24, 2.45) is 0 Å². The highest BCUT2D eigenvalue weighted by atomic mass is 79.9. The Morgan fingerprint density at radius 2 is 2.15 bits per heavy atom. The van der Waals surface area contributed by atoms with Gasteiger partial charge in [-0.1, -0.05) is 6.07 Å². The molecule has 0 bridgehead atoms. The number of hydrogen-bond donors (Lipinski definition) is 2. The Labute approximate surface area is 91.9 Å². The molecule has 1 aromatic carbocycles. The van der Waals surface area contributed by atoms with Crippen LogP contribution in [-0.4, -0.2) is 12.2 Å². The van der Waals surface area contributed by atoms with Crippen LogP contribution >= 0.6 is 28.1 Å². The Balaban J connectivity index is 2.87. The summed E-state index contributed by atoms with van der Waals surface area (Å²) in [4.78, 5) is 0. The number of halogens is 1. The lowest BCUT2D eigenvalue weighted by molar-refractivity contribution is 1.19. The first-order chi connectivity index (χ1) is 6.13. The van der Waals surface area contributed by atoms with E-state index in [1.165, 1.54) is 5.56 Å². The van der Waals surface area contributed by atoms with E-state index in [0.717, 1.165) is 10.2 Å². The molecule has 0 spiro atoms. The zero-order chi connectivity index (χ0) is 9.84. The molecule has 0 atom stereocenters. The van der Waals surface area contributed by atoms with Gasteiger partial charge in [0.15, 0.2) is 5.11 Å². The summed E-state index contributed by atoms with van der Waals surface area (Å²) in [6, 6.07) is 6.07. The Kier molecular flexibility index (Phi) is 3.69. The molecular weight excluding hydrogens is 248 g/mol. The SMILES string of the molecule is CNC(=S)Nc1cc(C)ccc1Br. The molecule has 0 radical (unpaired) electrons. The summed E-state index contributed by atoms with van der Waals surface area (Å²) in [5.74, 6) is 0. The van der Waals surface area contributed by atoms with Crippen LogP contribution < -0.4 is 10.6 Å². The van der Waals surface area contributed by atoms with Gasteiger partial charge < -0.3 is 10.6 Å². The molecule has 0 amide bonds. The molecule has 13 heavy (non-hydrogen) atoms. The first-order valence-corrected chi connectivity index (χ1v) is 5.08. The second-order valence-corrected chi connectivity index (χ2v) is 3.95. The number of anilines is 1. The predicted octanol–water partition coefficient (Wildman–Crippen LogP) is 2.67. The van der Waals surface area contributed by atoms with E-state index >= 15 is 0 Å². The van der Waals surface area contributed by atoms with Crippen molar-refractivity contribution in [3.8, 4) is 0 Å². The molecule has 0 fully saturated rings. The van der Waals surface area contributed by atoms with Gasteiger partial charge in [0.25, 0.3) is 0 Å². The van der Waals surface area contributed by atoms with Crippen LogP contribution in [0.15, 0.2) is 22.7 Å². The number of hydrogen-bond acceptors (Lipinski definition) is 1. The summed E-state index contributed by atoms with van der Waals surface area (Å²) in [6.45, 7) is 2.04. The summed E-state index contributed by atoms with van der Waals surface area (Å²) in [6.07, 6.45) is 0. The van der Waals surface area contributed by atoms with E-state index in [9.17, 15) is 0 Å². The summed E-state index contributed by atoms with van der Waals surface area (Å²) < 4.78 is 1.01. The van der Waals surface area contributed by atoms with Gasteiger partial charge in [-0.2, -0.15) is 0 Å². The molecule has 0 heterocycles. The van der Waals surface area contributed by atoms with Crippen LogP contribution in [0.1, 0.15) is 5.56 Å². The van der Waals surface area contributed by atoms with Gasteiger partial charge in [0, 0.05) is 11.5 Å². The van der Waals surface area contributed by atoms with E-state index in [-0.39, 0.29) is 0 Å². The fourth-order valence-electron chi connectivity index (χ4n) is 0.920. The Hall–Kier alpha value is -0.610. The molecule has 0 unspecified atom stereocenters. The largest absolute Gasteiger partial charge is 0.366 e. The molecule has 0 saturated carbocycles. The summed E-state index contributed by atoms with van der Waals surface area (Å²) >= 11 is 8.44. The Morgan fingerprint density at radius 1 is 1.46 bits per heavy atom. The minimum absolute atomic E-state index is 0.617. The third kappa shape index (κ3) is 2.97. The highest BCUT2D eigenvalue weighted by molar-refractivity contribution is 9.10. The third-order valence-electron chi connectivity index (χ3n) is 1.60. The van der Waals surface area contributed by atoms with Crippen molar-refractivity contribution in [1.29, 1.82) is 0 Å². The number of thiocarbonyl (C=S) groups is 1. The van der Waals surface area contributed by atoms with Gasteiger partial charge in [-0.25, -0.2) is 0 Å².